The van der Waals surface area contributed by atoms with Gasteiger partial charge in [-0.1, -0.05) is 48.5 Å². The Labute approximate surface area is 144 Å². The third-order valence-electron chi connectivity index (χ3n) is 3.76. The average Bonchev–Trinajstić information content (AvgIpc) is 2.67. The highest BCUT2D eigenvalue weighted by molar-refractivity contribution is 6.41. The number of hydrogen-bond donors (Lipinski definition) is 0. The summed E-state index contributed by atoms with van der Waals surface area (Å²) in [6.07, 6.45) is 1.71. The van der Waals surface area contributed by atoms with Crippen LogP contribution in [0.25, 0.3) is 16.3 Å². The number of esters is 1. The molecule has 0 aromatic heterocycles. The van der Waals surface area contributed by atoms with Gasteiger partial charge in [-0.15, -0.1) is 0 Å². The second-order valence-electron chi connectivity index (χ2n) is 5.32. The van der Waals surface area contributed by atoms with Gasteiger partial charge in [0.15, 0.2) is 0 Å². The van der Waals surface area contributed by atoms with Gasteiger partial charge in [0.2, 0.25) is 0 Å². The molecule has 5 heteroatoms. The molecule has 0 radical (unpaired) electrons. The van der Waals surface area contributed by atoms with E-state index in [-0.39, 0.29) is 5.71 Å². The Hall–Kier alpha value is -3.56. The van der Waals surface area contributed by atoms with Crippen molar-refractivity contribution in [3.63, 3.8) is 0 Å². The molecule has 0 fully saturated rings. The summed E-state index contributed by atoms with van der Waals surface area (Å²) in [6.45, 7) is 0. The molecule has 0 saturated heterocycles. The zero-order chi connectivity index (χ0) is 17.6. The maximum Gasteiger partial charge on any atom is 0.422 e. The fourth-order valence-corrected chi connectivity index (χ4v) is 2.52. The van der Waals surface area contributed by atoms with Gasteiger partial charge in [-0.2, -0.15) is 4.79 Å². The number of hydrogen-bond acceptors (Lipinski definition) is 3. The molecule has 3 rings (SSSR count). The fraction of sp³-hybridized carbons (Fsp3) is 0.0500. The first-order valence-electron chi connectivity index (χ1n) is 7.65. The van der Waals surface area contributed by atoms with Crippen LogP contribution in [0.2, 0.25) is 0 Å². The van der Waals surface area contributed by atoms with E-state index in [1.165, 1.54) is 7.11 Å². The van der Waals surface area contributed by atoms with Gasteiger partial charge >= 0.3 is 11.7 Å². The highest BCUT2D eigenvalue weighted by Crippen LogP contribution is 2.20. The normalized spacial score (nSPS) is 10.6. The first-order chi connectivity index (χ1) is 12.2. The summed E-state index contributed by atoms with van der Waals surface area (Å²) >= 11 is 0. The lowest BCUT2D eigenvalue weighted by atomic mass is 10.1. The molecule has 0 unspecified atom stereocenters. The highest BCUT2D eigenvalue weighted by Gasteiger charge is 2.26. The zero-order valence-electron chi connectivity index (χ0n) is 13.6. The molecule has 0 heterocycles. The number of methoxy groups -OCH3 is 1. The van der Waals surface area contributed by atoms with Crippen LogP contribution in [0.5, 0.6) is 0 Å². The monoisotopic (exact) mass is 329 g/mol. The number of ether oxygens (including phenoxy) is 1. The Morgan fingerprint density at radius 1 is 1.04 bits per heavy atom. The molecule has 25 heavy (non-hydrogen) atoms. The van der Waals surface area contributed by atoms with Crippen molar-refractivity contribution in [2.24, 2.45) is 4.99 Å². The van der Waals surface area contributed by atoms with Crippen LogP contribution in [0.15, 0.2) is 71.7 Å². The summed E-state index contributed by atoms with van der Waals surface area (Å²) in [6, 6.07) is 21.0. The Kier molecular flexibility index (Phi) is 4.79. The molecular weight excluding hydrogens is 314 g/mol. The number of nitrogens with zero attached hydrogens (tertiary/aromatic N) is 3. The van der Waals surface area contributed by atoms with Gasteiger partial charge in [0, 0.05) is 6.21 Å². The van der Waals surface area contributed by atoms with Gasteiger partial charge in [0.1, 0.15) is 0 Å². The van der Waals surface area contributed by atoms with Crippen LogP contribution in [-0.2, 0) is 9.53 Å². The molecule has 122 valence electrons. The van der Waals surface area contributed by atoms with Crippen LogP contribution in [0.4, 0.5) is 5.69 Å². The number of rotatable bonds is 4. The van der Waals surface area contributed by atoms with E-state index in [9.17, 15) is 4.79 Å². The second kappa shape index (κ2) is 7.34. The molecular formula is C20H15N3O2. The minimum absolute atomic E-state index is 0.186. The molecule has 0 aliphatic carbocycles. The molecule has 3 aromatic rings. The van der Waals surface area contributed by atoms with Crippen LogP contribution < -0.4 is 0 Å². The van der Waals surface area contributed by atoms with E-state index in [1.54, 1.807) is 30.5 Å². The lowest BCUT2D eigenvalue weighted by molar-refractivity contribution is -0.137. The lowest BCUT2D eigenvalue weighted by Gasteiger charge is -2.01. The van der Waals surface area contributed by atoms with E-state index >= 15 is 0 Å². The van der Waals surface area contributed by atoms with Gasteiger partial charge < -0.3 is 10.3 Å². The number of fused-ring (bicyclic) bond motifs is 1. The quantitative estimate of drug-likeness (QED) is 0.316. The number of carbonyl (C=O) groups excluding carboxylic acids is 1. The minimum atomic E-state index is -0.726. The largest absolute Gasteiger partial charge is 0.460 e. The Morgan fingerprint density at radius 3 is 2.52 bits per heavy atom. The van der Waals surface area contributed by atoms with Gasteiger partial charge in [-0.25, -0.2) is 4.79 Å². The second-order valence-corrected chi connectivity index (χ2v) is 5.32. The van der Waals surface area contributed by atoms with Crippen molar-refractivity contribution in [3.05, 3.63) is 83.4 Å². The van der Waals surface area contributed by atoms with Crippen LogP contribution in [0.3, 0.4) is 0 Å². The lowest BCUT2D eigenvalue weighted by Crippen LogP contribution is -2.18. The van der Waals surface area contributed by atoms with Crippen molar-refractivity contribution < 1.29 is 14.3 Å². The Morgan fingerprint density at radius 2 is 1.76 bits per heavy atom. The van der Waals surface area contributed by atoms with Gasteiger partial charge in [0.05, 0.1) is 18.4 Å². The summed E-state index contributed by atoms with van der Waals surface area (Å²) in [5, 5.41) is 2.27. The molecule has 0 saturated carbocycles. The maximum absolute atomic E-state index is 11.8. The van der Waals surface area contributed by atoms with Gasteiger partial charge in [-0.3, -0.25) is 4.99 Å². The van der Waals surface area contributed by atoms with Crippen LogP contribution >= 0.6 is 0 Å². The summed E-state index contributed by atoms with van der Waals surface area (Å²) in [4.78, 5) is 19.2. The third kappa shape index (κ3) is 3.52. The molecule has 0 bridgehead atoms. The zero-order valence-corrected chi connectivity index (χ0v) is 13.6. The van der Waals surface area contributed by atoms with E-state index in [0.717, 1.165) is 16.3 Å². The number of para-hydroxylation sites is 1. The average molecular weight is 329 g/mol. The molecule has 0 N–H and O–H groups in total. The summed E-state index contributed by atoms with van der Waals surface area (Å²) in [7, 11) is 1.23. The van der Waals surface area contributed by atoms with Crippen molar-refractivity contribution in [1.82, 2.24) is 0 Å². The minimum Gasteiger partial charge on any atom is -0.460 e. The smallest absolute Gasteiger partial charge is 0.422 e. The highest BCUT2D eigenvalue weighted by atomic mass is 16.5. The van der Waals surface area contributed by atoms with E-state index in [2.05, 4.69) is 14.5 Å². The van der Waals surface area contributed by atoms with Crippen molar-refractivity contribution in [3.8, 4) is 0 Å². The van der Waals surface area contributed by atoms with Crippen LogP contribution in [0.1, 0.15) is 11.1 Å². The predicted molar refractivity (Wildman–Crippen MR) is 97.4 cm³/mol. The first-order valence-corrected chi connectivity index (χ1v) is 7.65. The summed E-state index contributed by atoms with van der Waals surface area (Å²) in [5.74, 6) is -0.726. The fourth-order valence-electron chi connectivity index (χ4n) is 2.52. The van der Waals surface area contributed by atoms with Crippen molar-refractivity contribution in [1.29, 1.82) is 0 Å². The topological polar surface area (TPSA) is 75.1 Å². The maximum atomic E-state index is 11.8. The Bertz CT molecular complexity index is 1020. The van der Waals surface area contributed by atoms with Gasteiger partial charge in [0.25, 0.3) is 0 Å². The molecule has 3 aromatic carbocycles. The molecule has 0 aliphatic heterocycles. The standard InChI is InChI=1S/C20H15N3O2/c1-25-20(24)19(23-21)17-8-4-5-9-18(17)22-13-14-10-11-15-6-2-3-7-16(15)12-14/h2-13H,1H3. The van der Waals surface area contributed by atoms with Crippen LogP contribution in [0, 0.1) is 0 Å². The van der Waals surface area contributed by atoms with E-state index in [1.807, 2.05) is 42.5 Å². The molecule has 0 aliphatic rings. The third-order valence-corrected chi connectivity index (χ3v) is 3.76. The van der Waals surface area contributed by atoms with E-state index < -0.39 is 5.97 Å². The molecule has 0 spiro atoms. The summed E-state index contributed by atoms with van der Waals surface area (Å²) < 4.78 is 4.64. The van der Waals surface area contributed by atoms with Crippen molar-refractivity contribution >= 4 is 34.4 Å². The van der Waals surface area contributed by atoms with Crippen molar-refractivity contribution in [2.75, 3.05) is 7.11 Å². The SMILES string of the molecule is COC(=O)C(=[N+]=[N-])c1ccccc1N=Cc1ccc2ccccc2c1. The van der Waals surface area contributed by atoms with Crippen molar-refractivity contribution in [2.45, 2.75) is 0 Å². The molecule has 0 atom stereocenters. The Balaban J connectivity index is 1.98. The first kappa shape index (κ1) is 16.3. The number of carbonyl (C=O) groups is 1. The number of benzene rings is 3. The molecule has 0 amide bonds. The van der Waals surface area contributed by atoms with Gasteiger partial charge in [-0.05, 0) is 34.5 Å². The van der Waals surface area contributed by atoms with Crippen LogP contribution in [-0.4, -0.2) is 29.8 Å². The molecule has 5 nitrogen and oxygen atoms in total. The summed E-state index contributed by atoms with van der Waals surface area (Å²) in [5.41, 5.74) is 10.8. The number of aliphatic imine (C=N–C) groups is 1. The van der Waals surface area contributed by atoms with E-state index in [0.29, 0.717) is 11.3 Å². The predicted octanol–water partition coefficient (Wildman–Crippen LogP) is 3.78. The van der Waals surface area contributed by atoms with E-state index in [4.69, 9.17) is 5.53 Å².